The van der Waals surface area contributed by atoms with Crippen LogP contribution in [0.3, 0.4) is 0 Å². The van der Waals surface area contributed by atoms with Gasteiger partial charge in [0.1, 0.15) is 0 Å². The minimum Gasteiger partial charge on any atom is -0.398 e. The van der Waals surface area contributed by atoms with E-state index in [1.165, 1.54) is 49.8 Å². The first kappa shape index (κ1) is 18.5. The monoisotopic (exact) mass is 374 g/mol. The lowest BCUT2D eigenvalue weighted by Crippen LogP contribution is -2.26. The Morgan fingerprint density at radius 2 is 1.57 bits per heavy atom. The topological polar surface area (TPSA) is 86.2 Å². The number of hydrogen-bond donors (Lipinski definition) is 2. The van der Waals surface area contributed by atoms with E-state index < -0.39 is 0 Å². The molecule has 0 atom stereocenters. The molecule has 3 aliphatic carbocycles. The Hall–Kier alpha value is -2.88. The lowest BCUT2D eigenvalue weighted by Gasteiger charge is -2.28. The number of rotatable bonds is 3. The Kier molecular flexibility index (Phi) is 4.80. The Bertz CT molecular complexity index is 953. The molecule has 1 aromatic carbocycles. The van der Waals surface area contributed by atoms with Gasteiger partial charge in [0, 0.05) is 17.0 Å². The molecule has 0 aromatic heterocycles. The lowest BCUT2D eigenvalue weighted by atomic mass is 9.77. The number of nitrogens with two attached hydrogens (primary N) is 2. The van der Waals surface area contributed by atoms with Gasteiger partial charge in [0.2, 0.25) is 0 Å². The highest BCUT2D eigenvalue weighted by atomic mass is 16.1. The highest BCUT2D eigenvalue weighted by Gasteiger charge is 2.33. The van der Waals surface area contributed by atoms with Crippen LogP contribution in [0.5, 0.6) is 0 Å². The van der Waals surface area contributed by atoms with Gasteiger partial charge in [-0.1, -0.05) is 37.6 Å². The largest absolute Gasteiger partial charge is 0.398 e. The Morgan fingerprint density at radius 1 is 0.893 bits per heavy atom. The summed E-state index contributed by atoms with van der Waals surface area (Å²) in [5.74, 6) is 0.957. The molecule has 0 unspecified atom stereocenters. The molecule has 144 valence electrons. The number of carbonyl (C=O) groups is 2. The van der Waals surface area contributed by atoms with Gasteiger partial charge in [0.25, 0.3) is 0 Å². The number of fused-ring (bicyclic) bond motifs is 1. The molecular weight excluding hydrogens is 348 g/mol. The summed E-state index contributed by atoms with van der Waals surface area (Å²) in [6, 6.07) is 8.22. The van der Waals surface area contributed by atoms with Crippen molar-refractivity contribution in [3.05, 3.63) is 76.2 Å². The molecule has 1 fully saturated rings. The first-order chi connectivity index (χ1) is 13.5. The number of benzene rings is 1. The predicted molar refractivity (Wildman–Crippen MR) is 111 cm³/mol. The van der Waals surface area contributed by atoms with E-state index in [2.05, 4.69) is 19.1 Å². The van der Waals surface area contributed by atoms with Crippen LogP contribution in [0.25, 0.3) is 5.57 Å². The molecule has 28 heavy (non-hydrogen) atoms. The summed E-state index contributed by atoms with van der Waals surface area (Å²) in [6.45, 7) is 2.28. The third-order valence-electron chi connectivity index (χ3n) is 6.38. The molecule has 4 rings (SSSR count). The molecule has 0 radical (unpaired) electrons. The Morgan fingerprint density at radius 3 is 2.21 bits per heavy atom. The van der Waals surface area contributed by atoms with E-state index >= 15 is 0 Å². The summed E-state index contributed by atoms with van der Waals surface area (Å²) >= 11 is 0. The first-order valence-corrected chi connectivity index (χ1v) is 10.1. The quantitative estimate of drug-likeness (QED) is 0.840. The van der Waals surface area contributed by atoms with E-state index in [-0.39, 0.29) is 28.4 Å². The van der Waals surface area contributed by atoms with Crippen molar-refractivity contribution in [3.63, 3.8) is 0 Å². The van der Waals surface area contributed by atoms with Crippen LogP contribution in [0.1, 0.15) is 56.1 Å². The van der Waals surface area contributed by atoms with Gasteiger partial charge in [0.05, 0.1) is 11.1 Å². The fourth-order valence-corrected chi connectivity index (χ4v) is 4.61. The molecule has 4 nitrogen and oxygen atoms in total. The van der Waals surface area contributed by atoms with Gasteiger partial charge in [-0.2, -0.15) is 0 Å². The summed E-state index contributed by atoms with van der Waals surface area (Å²) in [7, 11) is 0. The maximum absolute atomic E-state index is 13.0. The molecule has 0 bridgehead atoms. The maximum atomic E-state index is 13.0. The van der Waals surface area contributed by atoms with E-state index in [9.17, 15) is 9.59 Å². The fourth-order valence-electron chi connectivity index (χ4n) is 4.61. The molecule has 4 N–H and O–H groups in total. The smallest absolute Gasteiger partial charge is 0.196 e. The summed E-state index contributed by atoms with van der Waals surface area (Å²) in [6.07, 6.45) is 10.8. The van der Waals surface area contributed by atoms with Crippen LogP contribution in [-0.4, -0.2) is 11.6 Å². The summed E-state index contributed by atoms with van der Waals surface area (Å²) in [5.41, 5.74) is 15.8. The van der Waals surface area contributed by atoms with Gasteiger partial charge in [-0.25, -0.2) is 0 Å². The van der Waals surface area contributed by atoms with E-state index in [0.717, 1.165) is 11.5 Å². The van der Waals surface area contributed by atoms with Crippen molar-refractivity contribution in [2.24, 2.45) is 17.4 Å². The van der Waals surface area contributed by atoms with Crippen LogP contribution >= 0.6 is 0 Å². The SMILES string of the molecule is CCC1CCC(c2ccc(C3=CC(N)=C4C(=O)C=CC(N)=C4C3=O)cc2)CC1. The van der Waals surface area contributed by atoms with Crippen molar-refractivity contribution in [2.45, 2.75) is 44.9 Å². The molecule has 1 aromatic rings. The average molecular weight is 374 g/mol. The minimum atomic E-state index is -0.275. The van der Waals surface area contributed by atoms with Crippen LogP contribution in [0, 0.1) is 5.92 Å². The lowest BCUT2D eigenvalue weighted by molar-refractivity contribution is -0.113. The van der Waals surface area contributed by atoms with Crippen molar-refractivity contribution in [3.8, 4) is 0 Å². The molecule has 0 spiro atoms. The van der Waals surface area contributed by atoms with Gasteiger partial charge in [-0.3, -0.25) is 9.59 Å². The Labute approximate surface area is 165 Å². The molecule has 0 amide bonds. The zero-order valence-electron chi connectivity index (χ0n) is 16.2. The zero-order valence-corrected chi connectivity index (χ0v) is 16.2. The number of hydrogen-bond acceptors (Lipinski definition) is 4. The molecule has 4 heteroatoms. The van der Waals surface area contributed by atoms with Crippen molar-refractivity contribution in [2.75, 3.05) is 0 Å². The fraction of sp³-hybridized carbons (Fsp3) is 0.333. The van der Waals surface area contributed by atoms with Crippen LogP contribution in [-0.2, 0) is 9.59 Å². The molecular formula is C24H26N2O2. The van der Waals surface area contributed by atoms with Crippen molar-refractivity contribution < 1.29 is 9.59 Å². The second-order valence-electron chi connectivity index (χ2n) is 7.99. The molecule has 3 aliphatic rings. The van der Waals surface area contributed by atoms with Crippen LogP contribution in [0.2, 0.25) is 0 Å². The van der Waals surface area contributed by atoms with Gasteiger partial charge >= 0.3 is 0 Å². The standard InChI is InChI=1S/C24H26N2O2/c1-2-14-3-5-15(6-4-14)16-7-9-17(10-8-16)18-13-20(26)22-21(27)12-11-19(25)23(22)24(18)28/h7-15H,2-6,25-26H2,1H3. The second-order valence-corrected chi connectivity index (χ2v) is 7.99. The van der Waals surface area contributed by atoms with E-state index in [4.69, 9.17) is 11.5 Å². The molecule has 0 heterocycles. The normalized spacial score (nSPS) is 25.1. The van der Waals surface area contributed by atoms with Gasteiger partial charge in [-0.05, 0) is 66.9 Å². The van der Waals surface area contributed by atoms with Crippen molar-refractivity contribution in [1.29, 1.82) is 0 Å². The summed E-state index contributed by atoms with van der Waals surface area (Å²) in [5, 5.41) is 0. The predicted octanol–water partition coefficient (Wildman–Crippen LogP) is 3.90. The van der Waals surface area contributed by atoms with E-state index in [0.29, 0.717) is 17.2 Å². The van der Waals surface area contributed by atoms with Crippen LogP contribution < -0.4 is 11.5 Å². The third-order valence-corrected chi connectivity index (χ3v) is 6.38. The van der Waals surface area contributed by atoms with Crippen LogP contribution in [0.4, 0.5) is 0 Å². The summed E-state index contributed by atoms with van der Waals surface area (Å²) < 4.78 is 0. The second kappa shape index (κ2) is 7.27. The van der Waals surface area contributed by atoms with E-state index in [1.807, 2.05) is 12.1 Å². The maximum Gasteiger partial charge on any atom is 0.196 e. The van der Waals surface area contributed by atoms with Crippen molar-refractivity contribution >= 4 is 17.1 Å². The highest BCUT2D eigenvalue weighted by Crippen LogP contribution is 2.38. The summed E-state index contributed by atoms with van der Waals surface area (Å²) in [4.78, 5) is 25.2. The molecule has 0 aliphatic heterocycles. The van der Waals surface area contributed by atoms with Gasteiger partial charge < -0.3 is 11.5 Å². The van der Waals surface area contributed by atoms with Gasteiger partial charge in [-0.15, -0.1) is 0 Å². The highest BCUT2D eigenvalue weighted by molar-refractivity contribution is 6.36. The minimum absolute atomic E-state index is 0.220. The molecule has 1 saturated carbocycles. The van der Waals surface area contributed by atoms with Crippen molar-refractivity contribution in [1.82, 2.24) is 0 Å². The molecule has 0 saturated heterocycles. The van der Waals surface area contributed by atoms with Crippen LogP contribution in [0.15, 0.2) is 65.0 Å². The third kappa shape index (κ3) is 3.13. The van der Waals surface area contributed by atoms with Gasteiger partial charge in [0.15, 0.2) is 11.6 Å². The number of allylic oxidation sites excluding steroid dienone is 6. The van der Waals surface area contributed by atoms with E-state index in [1.54, 1.807) is 6.08 Å². The number of carbonyl (C=O) groups excluding carboxylic acids is 2. The Balaban J connectivity index is 1.62. The number of Topliss-reactive ketones (excluding diaryl/α,β-unsaturated/α-hetero) is 1. The first-order valence-electron chi connectivity index (χ1n) is 10.1. The zero-order chi connectivity index (χ0) is 19.8. The average Bonchev–Trinajstić information content (AvgIpc) is 2.72. The number of ketones is 2.